The van der Waals surface area contributed by atoms with Gasteiger partial charge in [-0.05, 0) is 47.7 Å². The van der Waals surface area contributed by atoms with Crippen LogP contribution in [0.4, 0.5) is 0 Å². The van der Waals surface area contributed by atoms with E-state index in [1.165, 1.54) is 22.3 Å². The van der Waals surface area contributed by atoms with Crippen molar-refractivity contribution < 1.29 is 24.1 Å². The fourth-order valence-corrected chi connectivity index (χ4v) is 3.44. The van der Waals surface area contributed by atoms with Gasteiger partial charge in [0, 0.05) is 0 Å². The van der Waals surface area contributed by atoms with Crippen molar-refractivity contribution in [2.45, 2.75) is 31.8 Å². The third kappa shape index (κ3) is 7.18. The van der Waals surface area contributed by atoms with Gasteiger partial charge in [0.1, 0.15) is 18.0 Å². The first-order chi connectivity index (χ1) is 15.7. The van der Waals surface area contributed by atoms with Crippen LogP contribution in [0, 0.1) is 0 Å². The molecule has 0 aromatic heterocycles. The molecule has 3 unspecified atom stereocenters. The Hall–Kier alpha value is -2.70. The highest BCUT2D eigenvalue weighted by molar-refractivity contribution is 5.76. The van der Waals surface area contributed by atoms with Crippen LogP contribution in [0.25, 0.3) is 11.1 Å². The Balaban J connectivity index is 0.000000118. The van der Waals surface area contributed by atoms with Gasteiger partial charge in [-0.15, -0.1) is 0 Å². The van der Waals surface area contributed by atoms with Gasteiger partial charge in [0.2, 0.25) is 0 Å². The predicted molar refractivity (Wildman–Crippen MR) is 124 cm³/mol. The minimum absolute atomic E-state index is 0.392. The zero-order valence-electron chi connectivity index (χ0n) is 18.4. The largest absolute Gasteiger partial charge is 0.465 e. The van der Waals surface area contributed by atoms with Gasteiger partial charge in [-0.25, -0.2) is 0 Å². The van der Waals surface area contributed by atoms with Crippen molar-refractivity contribution in [2.24, 2.45) is 0 Å². The molecule has 2 saturated heterocycles. The molecule has 32 heavy (non-hydrogen) atoms. The van der Waals surface area contributed by atoms with Gasteiger partial charge in [-0.2, -0.15) is 0 Å². The number of fused-ring (bicyclic) bond motifs is 3. The molecule has 2 fully saturated rings. The standard InChI is InChI=1S/C13H10.C8H10O2.C6H10O3/c1-3-7-12-10(5-1)9-11-6-2-4-8-13(11)12;1-7(9)10-8-5-3-2-4-6-8;1(5-3-8-5)7-2-6-4-9-6/h1-8H,9H2;2-7,9H,1H3;5-6H,1-4H2. The van der Waals surface area contributed by atoms with Crippen LogP contribution in [0.1, 0.15) is 18.1 Å². The van der Waals surface area contributed by atoms with Crippen molar-refractivity contribution in [3.05, 3.63) is 90.0 Å². The molecule has 3 aliphatic rings. The summed E-state index contributed by atoms with van der Waals surface area (Å²) in [4.78, 5) is 0. The maximum Gasteiger partial charge on any atom is 0.194 e. The van der Waals surface area contributed by atoms with E-state index in [2.05, 4.69) is 48.5 Å². The molecule has 0 spiro atoms. The lowest BCUT2D eigenvalue weighted by Crippen LogP contribution is -2.08. The van der Waals surface area contributed by atoms with E-state index in [9.17, 15) is 0 Å². The van der Waals surface area contributed by atoms with Gasteiger partial charge in [0.25, 0.3) is 0 Å². The first-order valence-electron chi connectivity index (χ1n) is 11.1. The Morgan fingerprint density at radius 3 is 1.72 bits per heavy atom. The van der Waals surface area contributed by atoms with E-state index in [1.54, 1.807) is 19.1 Å². The number of aliphatic hydroxyl groups is 1. The average Bonchev–Trinajstić information content (AvgIpc) is 3.74. The summed E-state index contributed by atoms with van der Waals surface area (Å²) in [5.74, 6) is 0.692. The van der Waals surface area contributed by atoms with Gasteiger partial charge in [0.05, 0.1) is 26.4 Å². The molecule has 3 aromatic rings. The van der Waals surface area contributed by atoms with Crippen LogP contribution in [0.15, 0.2) is 78.9 Å². The summed E-state index contributed by atoms with van der Waals surface area (Å²) in [6.07, 6.45) is 1.15. The molecule has 5 heteroatoms. The molecule has 0 amide bonds. The van der Waals surface area contributed by atoms with Crippen molar-refractivity contribution >= 4 is 0 Å². The average molecular weight is 435 g/mol. The predicted octanol–water partition coefficient (Wildman–Crippen LogP) is 4.46. The first-order valence-corrected chi connectivity index (χ1v) is 11.1. The summed E-state index contributed by atoms with van der Waals surface area (Å²) in [6, 6.07) is 26.5. The molecule has 0 radical (unpaired) electrons. The monoisotopic (exact) mass is 434 g/mol. The van der Waals surface area contributed by atoms with Crippen molar-refractivity contribution in [2.75, 3.05) is 26.4 Å². The number of rotatable bonds is 6. The molecule has 6 rings (SSSR count). The smallest absolute Gasteiger partial charge is 0.194 e. The van der Waals surface area contributed by atoms with Crippen LogP contribution in [-0.2, 0) is 20.6 Å². The topological polar surface area (TPSA) is 63.8 Å². The number of ether oxygens (including phenoxy) is 4. The zero-order chi connectivity index (χ0) is 22.2. The number of para-hydroxylation sites is 1. The van der Waals surface area contributed by atoms with Gasteiger partial charge >= 0.3 is 0 Å². The summed E-state index contributed by atoms with van der Waals surface area (Å²) >= 11 is 0. The van der Waals surface area contributed by atoms with Gasteiger partial charge in [-0.1, -0.05) is 66.7 Å². The lowest BCUT2D eigenvalue weighted by atomic mass is 10.1. The van der Waals surface area contributed by atoms with E-state index in [4.69, 9.17) is 24.1 Å². The second kappa shape index (κ2) is 11.2. The van der Waals surface area contributed by atoms with Gasteiger partial charge in [-0.3, -0.25) is 0 Å². The zero-order valence-corrected chi connectivity index (χ0v) is 18.4. The molecule has 3 atom stereocenters. The highest BCUT2D eigenvalue weighted by Gasteiger charge is 2.26. The maximum atomic E-state index is 8.78. The van der Waals surface area contributed by atoms with E-state index in [1.807, 2.05) is 18.2 Å². The molecular formula is C27H30O5. The Morgan fingerprint density at radius 2 is 1.25 bits per heavy atom. The Morgan fingerprint density at radius 1 is 0.781 bits per heavy atom. The lowest BCUT2D eigenvalue weighted by molar-refractivity contribution is -0.000289. The van der Waals surface area contributed by atoms with E-state index >= 15 is 0 Å². The lowest BCUT2D eigenvalue weighted by Gasteiger charge is -2.06. The van der Waals surface area contributed by atoms with Crippen LogP contribution in [-0.4, -0.2) is 50.0 Å². The quantitative estimate of drug-likeness (QED) is 0.359. The number of benzene rings is 3. The molecule has 3 aromatic carbocycles. The summed E-state index contributed by atoms with van der Waals surface area (Å²) < 4.78 is 20.1. The van der Waals surface area contributed by atoms with Gasteiger partial charge < -0.3 is 24.1 Å². The molecule has 168 valence electrons. The van der Waals surface area contributed by atoms with Crippen LogP contribution in [0.3, 0.4) is 0 Å². The normalized spacial score (nSPS) is 19.8. The van der Waals surface area contributed by atoms with E-state index in [0.29, 0.717) is 18.0 Å². The Kier molecular flexibility index (Phi) is 7.91. The van der Waals surface area contributed by atoms with Crippen LogP contribution < -0.4 is 4.74 Å². The summed E-state index contributed by atoms with van der Waals surface area (Å²) in [7, 11) is 0. The number of hydrogen-bond donors (Lipinski definition) is 1. The fourth-order valence-electron chi connectivity index (χ4n) is 3.44. The SMILES string of the molecule is C(OCC1CO1)C1CO1.CC(O)Oc1ccccc1.c1ccc2c(c1)Cc1ccccc1-2. The first kappa shape index (κ1) is 22.5. The molecule has 2 aliphatic heterocycles. The number of epoxide rings is 2. The molecule has 1 N–H and O–H groups in total. The highest BCUT2D eigenvalue weighted by atomic mass is 16.6. The van der Waals surface area contributed by atoms with Crippen LogP contribution in [0.2, 0.25) is 0 Å². The van der Waals surface area contributed by atoms with Crippen molar-refractivity contribution in [3.63, 3.8) is 0 Å². The fraction of sp³-hybridized carbons (Fsp3) is 0.333. The van der Waals surface area contributed by atoms with Crippen molar-refractivity contribution in [1.82, 2.24) is 0 Å². The highest BCUT2D eigenvalue weighted by Crippen LogP contribution is 2.35. The van der Waals surface area contributed by atoms with E-state index in [-0.39, 0.29) is 0 Å². The summed E-state index contributed by atoms with van der Waals surface area (Å²) in [5, 5.41) is 8.78. The molecular weight excluding hydrogens is 404 g/mol. The van der Waals surface area contributed by atoms with Crippen LogP contribution in [0.5, 0.6) is 5.75 Å². The Labute approximate surface area is 189 Å². The third-order valence-electron chi connectivity index (χ3n) is 5.17. The van der Waals surface area contributed by atoms with Crippen LogP contribution >= 0.6 is 0 Å². The van der Waals surface area contributed by atoms with E-state index in [0.717, 1.165) is 32.8 Å². The van der Waals surface area contributed by atoms with E-state index < -0.39 is 6.29 Å². The second-order valence-electron chi connectivity index (χ2n) is 7.97. The number of hydrogen-bond acceptors (Lipinski definition) is 5. The molecule has 0 bridgehead atoms. The second-order valence-corrected chi connectivity index (χ2v) is 7.97. The molecule has 0 saturated carbocycles. The minimum atomic E-state index is -0.734. The van der Waals surface area contributed by atoms with Gasteiger partial charge in [0.15, 0.2) is 6.29 Å². The maximum absolute atomic E-state index is 8.78. The molecule has 5 nitrogen and oxygen atoms in total. The van der Waals surface area contributed by atoms with Crippen molar-refractivity contribution in [1.29, 1.82) is 0 Å². The summed E-state index contributed by atoms with van der Waals surface area (Å²) in [5.41, 5.74) is 5.75. The summed E-state index contributed by atoms with van der Waals surface area (Å²) in [6.45, 7) is 4.84. The number of aliphatic hydroxyl groups excluding tert-OH is 1. The minimum Gasteiger partial charge on any atom is -0.465 e. The molecule has 2 heterocycles. The Bertz CT molecular complexity index is 909. The third-order valence-corrected chi connectivity index (χ3v) is 5.17. The molecule has 1 aliphatic carbocycles. The van der Waals surface area contributed by atoms with Crippen molar-refractivity contribution in [3.8, 4) is 16.9 Å².